The summed E-state index contributed by atoms with van der Waals surface area (Å²) >= 11 is 0. The Kier molecular flexibility index (Phi) is 4.62. The van der Waals surface area contributed by atoms with E-state index >= 15 is 0 Å². The highest BCUT2D eigenvalue weighted by atomic mass is 16.1. The molecule has 0 spiro atoms. The molecule has 6 heteroatoms. The fourth-order valence-electron chi connectivity index (χ4n) is 2.95. The fourth-order valence-corrected chi connectivity index (χ4v) is 2.95. The number of likely N-dealkylation sites (tertiary alicyclic amines) is 1. The van der Waals surface area contributed by atoms with E-state index in [1.165, 1.54) is 0 Å². The zero-order valence-electron chi connectivity index (χ0n) is 13.4. The van der Waals surface area contributed by atoms with Crippen LogP contribution in [0.2, 0.25) is 0 Å². The number of rotatable bonds is 4. The number of nitrogen functional groups attached to an aromatic ring is 1. The van der Waals surface area contributed by atoms with Crippen LogP contribution in [0.5, 0.6) is 0 Å². The maximum absolute atomic E-state index is 12.4. The monoisotopic (exact) mass is 313 g/mol. The Morgan fingerprint density at radius 2 is 2.09 bits per heavy atom. The first-order valence-corrected chi connectivity index (χ1v) is 7.97. The van der Waals surface area contributed by atoms with Crippen molar-refractivity contribution in [3.63, 3.8) is 0 Å². The number of nitrogens with one attached hydrogen (secondary N) is 1. The molecule has 23 heavy (non-hydrogen) atoms. The number of anilines is 2. The quantitative estimate of drug-likeness (QED) is 0.845. The molecule has 1 aliphatic heterocycles. The lowest BCUT2D eigenvalue weighted by Gasteiger charge is -2.31. The molecular formula is C17H23N5O. The van der Waals surface area contributed by atoms with Crippen LogP contribution in [-0.4, -0.2) is 33.4 Å². The molecule has 1 aromatic heterocycles. The van der Waals surface area contributed by atoms with Gasteiger partial charge in [0.05, 0.1) is 17.9 Å². The zero-order chi connectivity index (χ0) is 16.2. The average molecular weight is 313 g/mol. The van der Waals surface area contributed by atoms with Gasteiger partial charge in [-0.2, -0.15) is 0 Å². The molecular weight excluding hydrogens is 290 g/mol. The van der Waals surface area contributed by atoms with Crippen LogP contribution in [0.1, 0.15) is 18.7 Å². The molecule has 1 fully saturated rings. The zero-order valence-corrected chi connectivity index (χ0v) is 13.4. The van der Waals surface area contributed by atoms with Crippen molar-refractivity contribution in [3.8, 4) is 0 Å². The molecule has 1 amide bonds. The number of para-hydroxylation sites is 2. The van der Waals surface area contributed by atoms with E-state index in [-0.39, 0.29) is 11.8 Å². The number of benzene rings is 1. The van der Waals surface area contributed by atoms with Gasteiger partial charge in [0, 0.05) is 25.4 Å². The van der Waals surface area contributed by atoms with Gasteiger partial charge in [-0.25, -0.2) is 4.98 Å². The minimum absolute atomic E-state index is 0.0484. The van der Waals surface area contributed by atoms with E-state index in [9.17, 15) is 4.79 Å². The van der Waals surface area contributed by atoms with Crippen molar-refractivity contribution < 1.29 is 4.79 Å². The Hall–Kier alpha value is -2.34. The average Bonchev–Trinajstić information content (AvgIpc) is 2.95. The lowest BCUT2D eigenvalue weighted by atomic mass is 9.95. The Morgan fingerprint density at radius 1 is 1.35 bits per heavy atom. The van der Waals surface area contributed by atoms with Gasteiger partial charge in [-0.05, 0) is 38.1 Å². The van der Waals surface area contributed by atoms with E-state index in [0.29, 0.717) is 11.4 Å². The summed E-state index contributed by atoms with van der Waals surface area (Å²) in [5.74, 6) is 1.18. The van der Waals surface area contributed by atoms with Gasteiger partial charge in [0.25, 0.3) is 0 Å². The molecule has 2 heterocycles. The second-order valence-corrected chi connectivity index (χ2v) is 6.08. The van der Waals surface area contributed by atoms with E-state index in [4.69, 9.17) is 5.73 Å². The van der Waals surface area contributed by atoms with Crippen molar-refractivity contribution in [2.75, 3.05) is 24.1 Å². The number of hydrogen-bond donors (Lipinski definition) is 2. The summed E-state index contributed by atoms with van der Waals surface area (Å²) in [7, 11) is 2.01. The predicted octanol–water partition coefficient (Wildman–Crippen LogP) is 1.85. The van der Waals surface area contributed by atoms with Crippen molar-refractivity contribution in [2.45, 2.75) is 19.4 Å². The number of carbonyl (C=O) groups is 1. The second-order valence-electron chi connectivity index (χ2n) is 6.08. The van der Waals surface area contributed by atoms with Crippen LogP contribution in [0.25, 0.3) is 0 Å². The number of aromatic nitrogens is 2. The molecule has 2 aromatic rings. The summed E-state index contributed by atoms with van der Waals surface area (Å²) in [5.41, 5.74) is 7.18. The summed E-state index contributed by atoms with van der Waals surface area (Å²) in [4.78, 5) is 19.1. The molecule has 1 saturated heterocycles. The normalized spacial score (nSPS) is 16.4. The number of hydrogen-bond acceptors (Lipinski definition) is 4. The fraction of sp³-hybridized carbons (Fsp3) is 0.412. The number of amides is 1. The van der Waals surface area contributed by atoms with Gasteiger partial charge in [0.15, 0.2) is 0 Å². The molecule has 122 valence electrons. The second kappa shape index (κ2) is 6.83. The first-order chi connectivity index (χ1) is 11.1. The highest BCUT2D eigenvalue weighted by molar-refractivity contribution is 5.95. The molecule has 0 unspecified atom stereocenters. The van der Waals surface area contributed by atoms with Gasteiger partial charge < -0.3 is 15.6 Å². The van der Waals surface area contributed by atoms with E-state index in [1.54, 1.807) is 6.07 Å². The Balaban J connectivity index is 1.51. The molecule has 1 aromatic carbocycles. The van der Waals surface area contributed by atoms with E-state index in [0.717, 1.165) is 38.3 Å². The van der Waals surface area contributed by atoms with Crippen molar-refractivity contribution in [1.29, 1.82) is 0 Å². The van der Waals surface area contributed by atoms with E-state index < -0.39 is 0 Å². The number of nitrogens with zero attached hydrogens (tertiary/aromatic N) is 3. The third-order valence-electron chi connectivity index (χ3n) is 4.46. The molecule has 3 rings (SSSR count). The molecule has 0 radical (unpaired) electrons. The smallest absolute Gasteiger partial charge is 0.227 e. The third-order valence-corrected chi connectivity index (χ3v) is 4.46. The van der Waals surface area contributed by atoms with Crippen molar-refractivity contribution >= 4 is 17.3 Å². The minimum atomic E-state index is 0.0484. The molecule has 0 bridgehead atoms. The standard InChI is InChI=1S/C17H23N5O/c1-21-11-8-19-16(21)12-22-9-6-13(7-10-22)17(23)20-15-5-3-2-4-14(15)18/h2-5,8,11,13H,6-7,9-10,12,18H2,1H3,(H,20,23). The summed E-state index contributed by atoms with van der Waals surface area (Å²) in [6.45, 7) is 2.66. The minimum Gasteiger partial charge on any atom is -0.397 e. The van der Waals surface area contributed by atoms with Crippen LogP contribution in [0.3, 0.4) is 0 Å². The SMILES string of the molecule is Cn1ccnc1CN1CCC(C(=O)Nc2ccccc2N)CC1. The first kappa shape index (κ1) is 15.6. The van der Waals surface area contributed by atoms with Gasteiger partial charge in [0.2, 0.25) is 5.91 Å². The molecule has 0 saturated carbocycles. The summed E-state index contributed by atoms with van der Waals surface area (Å²) in [6.07, 6.45) is 5.51. The van der Waals surface area contributed by atoms with Crippen LogP contribution in [0, 0.1) is 5.92 Å². The number of piperidine rings is 1. The van der Waals surface area contributed by atoms with Gasteiger partial charge in [-0.1, -0.05) is 12.1 Å². The van der Waals surface area contributed by atoms with Gasteiger partial charge in [-0.3, -0.25) is 9.69 Å². The van der Waals surface area contributed by atoms with Crippen LogP contribution in [-0.2, 0) is 18.4 Å². The summed E-state index contributed by atoms with van der Waals surface area (Å²) < 4.78 is 2.04. The van der Waals surface area contributed by atoms with Crippen LogP contribution in [0.4, 0.5) is 11.4 Å². The van der Waals surface area contributed by atoms with E-state index in [1.807, 2.05) is 42.2 Å². The van der Waals surface area contributed by atoms with Gasteiger partial charge in [0.1, 0.15) is 5.82 Å². The molecule has 0 aliphatic carbocycles. The Labute approximate surface area is 136 Å². The van der Waals surface area contributed by atoms with Crippen molar-refractivity contribution in [3.05, 3.63) is 42.5 Å². The lowest BCUT2D eigenvalue weighted by molar-refractivity contribution is -0.121. The molecule has 1 aliphatic rings. The number of aryl methyl sites for hydroxylation is 1. The topological polar surface area (TPSA) is 76.2 Å². The first-order valence-electron chi connectivity index (χ1n) is 7.97. The van der Waals surface area contributed by atoms with Crippen molar-refractivity contribution in [1.82, 2.24) is 14.5 Å². The Bertz CT molecular complexity index is 673. The van der Waals surface area contributed by atoms with Crippen LogP contribution < -0.4 is 11.1 Å². The maximum Gasteiger partial charge on any atom is 0.227 e. The molecule has 6 nitrogen and oxygen atoms in total. The van der Waals surface area contributed by atoms with Crippen molar-refractivity contribution in [2.24, 2.45) is 13.0 Å². The van der Waals surface area contributed by atoms with Crippen LogP contribution >= 0.6 is 0 Å². The predicted molar refractivity (Wildman–Crippen MR) is 90.7 cm³/mol. The number of nitrogens with two attached hydrogens (primary N) is 1. The largest absolute Gasteiger partial charge is 0.397 e. The lowest BCUT2D eigenvalue weighted by Crippen LogP contribution is -2.38. The van der Waals surface area contributed by atoms with Crippen LogP contribution in [0.15, 0.2) is 36.7 Å². The molecule has 0 atom stereocenters. The summed E-state index contributed by atoms with van der Waals surface area (Å²) in [5, 5.41) is 2.95. The van der Waals surface area contributed by atoms with Gasteiger partial charge >= 0.3 is 0 Å². The highest BCUT2D eigenvalue weighted by Crippen LogP contribution is 2.23. The number of imidazole rings is 1. The Morgan fingerprint density at radius 3 is 2.74 bits per heavy atom. The number of carbonyl (C=O) groups excluding carboxylic acids is 1. The molecule has 3 N–H and O–H groups in total. The highest BCUT2D eigenvalue weighted by Gasteiger charge is 2.25. The third kappa shape index (κ3) is 3.71. The van der Waals surface area contributed by atoms with Gasteiger partial charge in [-0.15, -0.1) is 0 Å². The van der Waals surface area contributed by atoms with E-state index in [2.05, 4.69) is 15.2 Å². The summed E-state index contributed by atoms with van der Waals surface area (Å²) in [6, 6.07) is 7.37. The maximum atomic E-state index is 12.4.